The number of urea groups is 1. The summed E-state index contributed by atoms with van der Waals surface area (Å²) in [6.45, 7) is 5.37. The molecule has 0 aliphatic carbocycles. The van der Waals surface area contributed by atoms with Crippen molar-refractivity contribution in [2.45, 2.75) is 38.6 Å². The first kappa shape index (κ1) is 20.9. The second-order valence-corrected chi connectivity index (χ2v) is 7.78. The molecule has 2 aromatic rings. The number of nitrogens with zero attached hydrogens (tertiary/aromatic N) is 1. The Labute approximate surface area is 175 Å². The van der Waals surface area contributed by atoms with Crippen LogP contribution in [0.15, 0.2) is 48.5 Å². The molecule has 1 aliphatic heterocycles. The molecular weight excluding hydrogens is 390 g/mol. The predicted octanol–water partition coefficient (Wildman–Crippen LogP) is 4.26. The van der Waals surface area contributed by atoms with E-state index in [-0.39, 0.29) is 12.5 Å². The van der Waals surface area contributed by atoms with Crippen LogP contribution >= 0.6 is 11.6 Å². The van der Waals surface area contributed by atoms with Crippen LogP contribution in [0, 0.1) is 0 Å². The average Bonchev–Trinajstić information content (AvgIpc) is 2.92. The fourth-order valence-corrected chi connectivity index (χ4v) is 3.81. The zero-order chi connectivity index (χ0) is 21.2. The Morgan fingerprint density at radius 2 is 1.83 bits per heavy atom. The van der Waals surface area contributed by atoms with Gasteiger partial charge >= 0.3 is 6.03 Å². The summed E-state index contributed by atoms with van der Waals surface area (Å²) < 4.78 is 0. The molecule has 1 saturated heterocycles. The number of anilines is 1. The lowest BCUT2D eigenvalue weighted by molar-refractivity contribution is -0.133. The molecule has 0 unspecified atom stereocenters. The summed E-state index contributed by atoms with van der Waals surface area (Å²) in [5.74, 6) is -0.680. The minimum absolute atomic E-state index is 0.270. The van der Waals surface area contributed by atoms with Crippen LogP contribution in [0.5, 0.6) is 0 Å². The third-order valence-electron chi connectivity index (χ3n) is 5.37. The first-order valence-corrected chi connectivity index (χ1v) is 9.93. The van der Waals surface area contributed by atoms with Gasteiger partial charge in [0, 0.05) is 16.3 Å². The smallest absolute Gasteiger partial charge is 0.324 e. The molecule has 4 amide bonds. The standard InChI is InChI=1S/C22H24ClN3O3/c1-4-14(2)15-9-5-8-12-18(15)24-19(27)13-26-20(28)22(3,25-21(26)29)16-10-6-7-11-17(16)23/h5-12,14H,4,13H2,1-3H3,(H,24,27)(H,25,29)/t14-,22-/m1/s1. The maximum absolute atomic E-state index is 13.0. The number of amides is 4. The minimum Gasteiger partial charge on any atom is -0.324 e. The fraction of sp³-hybridized carbons (Fsp3) is 0.318. The van der Waals surface area contributed by atoms with Crippen molar-refractivity contribution < 1.29 is 14.4 Å². The van der Waals surface area contributed by atoms with E-state index >= 15 is 0 Å². The van der Waals surface area contributed by atoms with Crippen LogP contribution in [0.1, 0.15) is 44.2 Å². The summed E-state index contributed by atoms with van der Waals surface area (Å²) >= 11 is 6.23. The lowest BCUT2D eigenvalue weighted by Crippen LogP contribution is -2.42. The van der Waals surface area contributed by atoms with E-state index in [0.717, 1.165) is 16.9 Å². The maximum Gasteiger partial charge on any atom is 0.325 e. The van der Waals surface area contributed by atoms with Crippen molar-refractivity contribution in [3.8, 4) is 0 Å². The molecule has 0 spiro atoms. The van der Waals surface area contributed by atoms with E-state index in [1.165, 1.54) is 0 Å². The number of benzene rings is 2. The number of hydrogen-bond acceptors (Lipinski definition) is 3. The Bertz CT molecular complexity index is 962. The van der Waals surface area contributed by atoms with Crippen LogP contribution in [0.3, 0.4) is 0 Å². The van der Waals surface area contributed by atoms with E-state index < -0.39 is 23.4 Å². The van der Waals surface area contributed by atoms with Gasteiger partial charge in [-0.3, -0.25) is 14.5 Å². The number of nitrogens with one attached hydrogen (secondary N) is 2. The zero-order valence-electron chi connectivity index (χ0n) is 16.7. The third kappa shape index (κ3) is 3.98. The van der Waals surface area contributed by atoms with E-state index in [0.29, 0.717) is 16.3 Å². The molecule has 6 nitrogen and oxygen atoms in total. The van der Waals surface area contributed by atoms with E-state index in [9.17, 15) is 14.4 Å². The summed E-state index contributed by atoms with van der Waals surface area (Å²) in [5, 5.41) is 5.87. The van der Waals surface area contributed by atoms with Crippen LogP contribution < -0.4 is 10.6 Å². The van der Waals surface area contributed by atoms with Crippen LogP contribution in [0.2, 0.25) is 5.02 Å². The highest BCUT2D eigenvalue weighted by molar-refractivity contribution is 6.32. The molecule has 1 heterocycles. The first-order valence-electron chi connectivity index (χ1n) is 9.55. The summed E-state index contributed by atoms with van der Waals surface area (Å²) in [5.41, 5.74) is 0.879. The first-order chi connectivity index (χ1) is 13.8. The maximum atomic E-state index is 13.0. The van der Waals surface area contributed by atoms with Gasteiger partial charge in [-0.15, -0.1) is 0 Å². The van der Waals surface area contributed by atoms with Gasteiger partial charge in [-0.2, -0.15) is 0 Å². The van der Waals surface area contributed by atoms with Crippen molar-refractivity contribution in [1.82, 2.24) is 10.2 Å². The molecule has 29 heavy (non-hydrogen) atoms. The molecule has 152 valence electrons. The molecule has 0 bridgehead atoms. The second-order valence-electron chi connectivity index (χ2n) is 7.37. The number of imide groups is 1. The highest BCUT2D eigenvalue weighted by atomic mass is 35.5. The molecule has 1 fully saturated rings. The van der Waals surface area contributed by atoms with Gasteiger partial charge in [0.05, 0.1) is 0 Å². The molecule has 3 rings (SSSR count). The molecule has 2 N–H and O–H groups in total. The van der Waals surface area contributed by atoms with E-state index in [4.69, 9.17) is 11.6 Å². The summed E-state index contributed by atoms with van der Waals surface area (Å²) in [4.78, 5) is 39.0. The van der Waals surface area contributed by atoms with Gasteiger partial charge in [0.1, 0.15) is 12.1 Å². The van der Waals surface area contributed by atoms with Crippen LogP contribution in [0.4, 0.5) is 10.5 Å². The van der Waals surface area contributed by atoms with Crippen molar-refractivity contribution >= 4 is 35.1 Å². The molecule has 0 aromatic heterocycles. The normalized spacial score (nSPS) is 19.8. The number of carbonyl (C=O) groups is 3. The fourth-order valence-electron chi connectivity index (χ4n) is 3.48. The molecular formula is C22H24ClN3O3. The Hall–Kier alpha value is -2.86. The SMILES string of the molecule is CC[C@@H](C)c1ccccc1NC(=O)CN1C(=O)N[C@](C)(c2ccccc2Cl)C1=O. The number of hydrogen-bond donors (Lipinski definition) is 2. The van der Waals surface area contributed by atoms with Crippen LogP contribution in [0.25, 0.3) is 0 Å². The van der Waals surface area contributed by atoms with Gasteiger partial charge in [-0.25, -0.2) is 4.79 Å². The summed E-state index contributed by atoms with van der Waals surface area (Å²) in [7, 11) is 0. The molecule has 0 radical (unpaired) electrons. The van der Waals surface area contributed by atoms with Crippen molar-refractivity contribution in [2.75, 3.05) is 11.9 Å². The van der Waals surface area contributed by atoms with Crippen molar-refractivity contribution in [3.05, 3.63) is 64.7 Å². The van der Waals surface area contributed by atoms with Crippen molar-refractivity contribution in [3.63, 3.8) is 0 Å². The molecule has 2 atom stereocenters. The van der Waals surface area contributed by atoms with Gasteiger partial charge < -0.3 is 10.6 Å². The quantitative estimate of drug-likeness (QED) is 0.694. The number of halogens is 1. The van der Waals surface area contributed by atoms with Gasteiger partial charge in [0.2, 0.25) is 5.91 Å². The van der Waals surface area contributed by atoms with E-state index in [2.05, 4.69) is 24.5 Å². The highest BCUT2D eigenvalue weighted by Crippen LogP contribution is 2.33. The Kier molecular flexibility index (Phi) is 5.94. The molecule has 7 heteroatoms. The molecule has 1 aliphatic rings. The summed E-state index contributed by atoms with van der Waals surface area (Å²) in [6, 6.07) is 13.7. The molecule has 2 aromatic carbocycles. The monoisotopic (exact) mass is 413 g/mol. The van der Waals surface area contributed by atoms with Crippen LogP contribution in [-0.2, 0) is 15.1 Å². The van der Waals surface area contributed by atoms with Crippen molar-refractivity contribution in [1.29, 1.82) is 0 Å². The minimum atomic E-state index is -1.32. The lowest BCUT2D eigenvalue weighted by atomic mass is 9.92. The third-order valence-corrected chi connectivity index (χ3v) is 5.70. The van der Waals surface area contributed by atoms with Gasteiger partial charge in [-0.1, -0.05) is 61.8 Å². The van der Waals surface area contributed by atoms with E-state index in [1.807, 2.05) is 24.3 Å². The highest BCUT2D eigenvalue weighted by Gasteiger charge is 2.50. The topological polar surface area (TPSA) is 78.5 Å². The number of rotatable bonds is 6. The van der Waals surface area contributed by atoms with Gasteiger partial charge in [0.15, 0.2) is 0 Å². The average molecular weight is 414 g/mol. The zero-order valence-corrected chi connectivity index (χ0v) is 17.4. The Morgan fingerprint density at radius 1 is 1.17 bits per heavy atom. The van der Waals surface area contributed by atoms with Gasteiger partial charge in [-0.05, 0) is 37.0 Å². The van der Waals surface area contributed by atoms with Crippen molar-refractivity contribution in [2.24, 2.45) is 0 Å². The Morgan fingerprint density at radius 3 is 2.52 bits per heavy atom. The summed E-state index contributed by atoms with van der Waals surface area (Å²) in [6.07, 6.45) is 0.927. The lowest BCUT2D eigenvalue weighted by Gasteiger charge is -2.23. The molecule has 0 saturated carbocycles. The number of carbonyl (C=O) groups excluding carboxylic acids is 3. The predicted molar refractivity (Wildman–Crippen MR) is 113 cm³/mol. The number of para-hydroxylation sites is 1. The van der Waals surface area contributed by atoms with Crippen LogP contribution in [-0.4, -0.2) is 29.3 Å². The largest absolute Gasteiger partial charge is 0.325 e. The Balaban J connectivity index is 1.78. The van der Waals surface area contributed by atoms with Gasteiger partial charge in [0.25, 0.3) is 5.91 Å². The second kappa shape index (κ2) is 8.25. The van der Waals surface area contributed by atoms with E-state index in [1.54, 1.807) is 31.2 Å².